The lowest BCUT2D eigenvalue weighted by atomic mass is 9.87. The minimum Gasteiger partial charge on any atom is -0.619 e. The molecule has 0 spiro atoms. The summed E-state index contributed by atoms with van der Waals surface area (Å²) in [5.41, 5.74) is 0.378. The first-order chi connectivity index (χ1) is 12.8. The van der Waals surface area contributed by atoms with E-state index >= 15 is 0 Å². The van der Waals surface area contributed by atoms with Crippen LogP contribution < -0.4 is 10.0 Å². The number of piperidine rings is 1. The molecule has 1 N–H and O–H groups in total. The van der Waals surface area contributed by atoms with Crippen LogP contribution in [-0.2, 0) is 4.79 Å². The molecule has 3 heterocycles. The van der Waals surface area contributed by atoms with Crippen molar-refractivity contribution in [2.24, 2.45) is 0 Å². The Balaban J connectivity index is 1.71. The fourth-order valence-corrected chi connectivity index (χ4v) is 3.24. The predicted octanol–water partition coefficient (Wildman–Crippen LogP) is 2.82. The van der Waals surface area contributed by atoms with Crippen LogP contribution in [0.2, 0.25) is 5.02 Å². The fourth-order valence-electron chi connectivity index (χ4n) is 3.13. The zero-order valence-corrected chi connectivity index (χ0v) is 15.4. The van der Waals surface area contributed by atoms with Crippen molar-refractivity contribution < 1.29 is 18.3 Å². The molecule has 1 aliphatic heterocycles. The lowest BCUT2D eigenvalue weighted by Crippen LogP contribution is -2.52. The maximum atomic E-state index is 14.4. The molecular weight excluding hydrogens is 378 g/mol. The largest absolute Gasteiger partial charge is 0.619 e. The molecule has 0 bridgehead atoms. The molecule has 2 aromatic rings. The van der Waals surface area contributed by atoms with Gasteiger partial charge in [-0.3, -0.25) is 9.69 Å². The second-order valence-corrected chi connectivity index (χ2v) is 7.01. The SMILES string of the molecule is CC(C(=O)Nc1ccc(Cl)cn1)N1CCC(F)(F)[C@@H](c2cc[n+]([O-])cc2)C1. The van der Waals surface area contributed by atoms with Gasteiger partial charge in [0.25, 0.3) is 5.92 Å². The van der Waals surface area contributed by atoms with E-state index in [-0.39, 0.29) is 25.4 Å². The van der Waals surface area contributed by atoms with Gasteiger partial charge in [0.15, 0.2) is 12.4 Å². The first kappa shape index (κ1) is 19.4. The maximum Gasteiger partial charge on any atom is 0.257 e. The number of nitrogens with one attached hydrogen (secondary N) is 1. The molecule has 3 rings (SSSR count). The molecule has 1 aliphatic rings. The molecule has 0 radical (unpaired) electrons. The minimum atomic E-state index is -2.90. The first-order valence-corrected chi connectivity index (χ1v) is 8.87. The molecule has 1 saturated heterocycles. The number of nitrogens with zero attached hydrogens (tertiary/aromatic N) is 3. The summed E-state index contributed by atoms with van der Waals surface area (Å²) < 4.78 is 29.4. The van der Waals surface area contributed by atoms with Gasteiger partial charge in [-0.15, -0.1) is 0 Å². The Morgan fingerprint density at radius 3 is 2.74 bits per heavy atom. The van der Waals surface area contributed by atoms with Crippen LogP contribution in [0.25, 0.3) is 0 Å². The number of likely N-dealkylation sites (tertiary alicyclic amines) is 1. The van der Waals surface area contributed by atoms with Crippen LogP contribution in [0.3, 0.4) is 0 Å². The van der Waals surface area contributed by atoms with Gasteiger partial charge in [0.05, 0.1) is 17.0 Å². The van der Waals surface area contributed by atoms with Gasteiger partial charge in [-0.2, -0.15) is 4.73 Å². The number of aromatic nitrogens is 2. The molecule has 2 atom stereocenters. The van der Waals surface area contributed by atoms with E-state index < -0.39 is 17.9 Å². The predicted molar refractivity (Wildman–Crippen MR) is 96.6 cm³/mol. The number of halogens is 3. The standard InChI is InChI=1S/C18H19ClF2N4O2/c1-12(17(26)23-16-3-2-14(19)10-22-16)24-9-6-18(20,21)15(11-24)13-4-7-25(27)8-5-13/h2-5,7-8,10,12,15H,6,9,11H2,1H3,(H,22,23,26)/t12?,15-/m1/s1. The highest BCUT2D eigenvalue weighted by molar-refractivity contribution is 6.30. The van der Waals surface area contributed by atoms with E-state index in [9.17, 15) is 18.8 Å². The monoisotopic (exact) mass is 396 g/mol. The second-order valence-electron chi connectivity index (χ2n) is 6.58. The summed E-state index contributed by atoms with van der Waals surface area (Å²) >= 11 is 5.77. The number of alkyl halides is 2. The number of carbonyl (C=O) groups is 1. The first-order valence-electron chi connectivity index (χ1n) is 8.49. The number of hydrogen-bond acceptors (Lipinski definition) is 4. The molecule has 1 fully saturated rings. The van der Waals surface area contributed by atoms with Gasteiger partial charge >= 0.3 is 0 Å². The molecule has 144 valence electrons. The Labute approximate surface area is 160 Å². The summed E-state index contributed by atoms with van der Waals surface area (Å²) in [6, 6.07) is 5.36. The summed E-state index contributed by atoms with van der Waals surface area (Å²) in [5.74, 6) is -3.98. The Bertz CT molecular complexity index is 802. The molecule has 6 nitrogen and oxygen atoms in total. The smallest absolute Gasteiger partial charge is 0.257 e. The highest BCUT2D eigenvalue weighted by atomic mass is 35.5. The molecule has 0 saturated carbocycles. The van der Waals surface area contributed by atoms with Crippen LogP contribution in [0.4, 0.5) is 14.6 Å². The highest BCUT2D eigenvalue weighted by Crippen LogP contribution is 2.40. The van der Waals surface area contributed by atoms with Gasteiger partial charge in [-0.1, -0.05) is 11.6 Å². The van der Waals surface area contributed by atoms with Crippen molar-refractivity contribution in [3.05, 3.63) is 58.6 Å². The van der Waals surface area contributed by atoms with Gasteiger partial charge in [0.2, 0.25) is 5.91 Å². The summed E-state index contributed by atoms with van der Waals surface area (Å²) in [5, 5.41) is 14.3. The van der Waals surface area contributed by atoms with Crippen molar-refractivity contribution in [3.8, 4) is 0 Å². The van der Waals surface area contributed by atoms with E-state index in [2.05, 4.69) is 10.3 Å². The summed E-state index contributed by atoms with van der Waals surface area (Å²) in [7, 11) is 0. The van der Waals surface area contributed by atoms with Crippen molar-refractivity contribution in [2.45, 2.75) is 31.2 Å². The van der Waals surface area contributed by atoms with E-state index in [0.29, 0.717) is 21.1 Å². The van der Waals surface area contributed by atoms with Crippen molar-refractivity contribution in [2.75, 3.05) is 18.4 Å². The second kappa shape index (κ2) is 7.74. The third-order valence-electron chi connectivity index (χ3n) is 4.80. The third kappa shape index (κ3) is 4.51. The highest BCUT2D eigenvalue weighted by Gasteiger charge is 2.46. The summed E-state index contributed by atoms with van der Waals surface area (Å²) in [6.07, 6.45) is 3.46. The summed E-state index contributed by atoms with van der Waals surface area (Å²) in [4.78, 5) is 18.2. The quantitative estimate of drug-likeness (QED) is 0.637. The van der Waals surface area contributed by atoms with E-state index in [1.807, 2.05) is 0 Å². The Hall–Kier alpha value is -2.32. The van der Waals surface area contributed by atoms with Crippen molar-refractivity contribution in [3.63, 3.8) is 0 Å². The number of amides is 1. The lowest BCUT2D eigenvalue weighted by Gasteiger charge is -2.40. The number of pyridine rings is 2. The zero-order valence-electron chi connectivity index (χ0n) is 14.6. The molecular formula is C18H19ClF2N4O2. The minimum absolute atomic E-state index is 0.0124. The average molecular weight is 397 g/mol. The topological polar surface area (TPSA) is 72.2 Å². The van der Waals surface area contributed by atoms with Crippen LogP contribution in [0.1, 0.15) is 24.8 Å². The molecule has 27 heavy (non-hydrogen) atoms. The van der Waals surface area contributed by atoms with E-state index in [1.54, 1.807) is 24.0 Å². The van der Waals surface area contributed by atoms with Crippen LogP contribution in [0.5, 0.6) is 0 Å². The summed E-state index contributed by atoms with van der Waals surface area (Å²) in [6.45, 7) is 1.78. The number of hydrogen-bond donors (Lipinski definition) is 1. The molecule has 0 aromatic carbocycles. The number of rotatable bonds is 4. The molecule has 0 aliphatic carbocycles. The van der Waals surface area contributed by atoms with Crippen molar-refractivity contribution in [1.82, 2.24) is 9.88 Å². The van der Waals surface area contributed by atoms with Crippen molar-refractivity contribution >= 4 is 23.3 Å². The molecule has 1 amide bonds. The van der Waals surface area contributed by atoms with E-state index in [0.717, 1.165) is 0 Å². The van der Waals surface area contributed by atoms with Gasteiger partial charge in [-0.25, -0.2) is 13.8 Å². The fraction of sp³-hybridized carbons (Fsp3) is 0.389. The third-order valence-corrected chi connectivity index (χ3v) is 5.02. The van der Waals surface area contributed by atoms with Crippen LogP contribution >= 0.6 is 11.6 Å². The van der Waals surface area contributed by atoms with Gasteiger partial charge in [0.1, 0.15) is 5.82 Å². The molecule has 1 unspecified atom stereocenters. The van der Waals surface area contributed by atoms with Gasteiger partial charge < -0.3 is 10.5 Å². The number of anilines is 1. The van der Waals surface area contributed by atoms with Crippen LogP contribution in [-0.4, -0.2) is 40.8 Å². The average Bonchev–Trinajstić information content (AvgIpc) is 2.64. The Morgan fingerprint density at radius 1 is 1.41 bits per heavy atom. The Morgan fingerprint density at radius 2 is 2.11 bits per heavy atom. The lowest BCUT2D eigenvalue weighted by molar-refractivity contribution is -0.605. The Kier molecular flexibility index (Phi) is 5.57. The zero-order chi connectivity index (χ0) is 19.6. The van der Waals surface area contributed by atoms with Crippen molar-refractivity contribution in [1.29, 1.82) is 0 Å². The molecule has 9 heteroatoms. The van der Waals surface area contributed by atoms with E-state index in [1.165, 1.54) is 30.7 Å². The van der Waals surface area contributed by atoms with Crippen LogP contribution in [0, 0.1) is 5.21 Å². The maximum absolute atomic E-state index is 14.4. The van der Waals surface area contributed by atoms with E-state index in [4.69, 9.17) is 11.6 Å². The molecule has 2 aromatic heterocycles. The van der Waals surface area contributed by atoms with Crippen LogP contribution in [0.15, 0.2) is 42.9 Å². The van der Waals surface area contributed by atoms with Gasteiger partial charge in [-0.05, 0) is 24.6 Å². The normalized spacial score (nSPS) is 20.8. The van der Waals surface area contributed by atoms with Gasteiger partial charge in [0, 0.05) is 37.8 Å². The number of carbonyl (C=O) groups excluding carboxylic acids is 1.